The monoisotopic (exact) mass is 462 g/mol. The number of rotatable bonds is 11. The van der Waals surface area contributed by atoms with Gasteiger partial charge in [-0.15, -0.1) is 0 Å². The molecule has 0 aromatic heterocycles. The maximum absolute atomic E-state index is 13.4. The van der Waals surface area contributed by atoms with Gasteiger partial charge in [-0.1, -0.05) is 30.7 Å². The maximum Gasteiger partial charge on any atom is 0.335 e. The van der Waals surface area contributed by atoms with E-state index in [1.807, 2.05) is 19.1 Å². The van der Waals surface area contributed by atoms with Crippen LogP contribution < -0.4 is 0 Å². The number of carbonyl (C=O) groups is 3. The first kappa shape index (κ1) is 28.7. The average molecular weight is 463 g/mol. The van der Waals surface area contributed by atoms with Gasteiger partial charge in [0.25, 0.3) is 0 Å². The highest BCUT2D eigenvalue weighted by molar-refractivity contribution is 6.00. The quantitative estimate of drug-likeness (QED) is 0.115. The summed E-state index contributed by atoms with van der Waals surface area (Å²) < 4.78 is 10.5. The van der Waals surface area contributed by atoms with E-state index in [2.05, 4.69) is 4.89 Å². The molecule has 1 rings (SSSR count). The Bertz CT molecular complexity index is 828. The molecule has 7 heteroatoms. The zero-order chi connectivity index (χ0) is 25.2. The third-order valence-corrected chi connectivity index (χ3v) is 5.73. The SMILES string of the molecule is COCC1=CC[C@](C)(C/C=C/C(C)(C)OO)[C@@H](/C=C\OC(=O)C=C(C)C)[C@@H](CC(C)=O)C1=O. The van der Waals surface area contributed by atoms with Gasteiger partial charge in [0.05, 0.1) is 12.9 Å². The van der Waals surface area contributed by atoms with Crippen LogP contribution in [-0.4, -0.2) is 42.1 Å². The molecule has 7 nitrogen and oxygen atoms in total. The van der Waals surface area contributed by atoms with Crippen LogP contribution in [0.15, 0.2) is 47.8 Å². The van der Waals surface area contributed by atoms with Crippen molar-refractivity contribution >= 4 is 17.5 Å². The second kappa shape index (κ2) is 12.8. The molecule has 0 saturated heterocycles. The molecule has 0 aromatic carbocycles. The molecule has 0 radical (unpaired) electrons. The largest absolute Gasteiger partial charge is 0.432 e. The average Bonchev–Trinajstić information content (AvgIpc) is 2.79. The molecule has 1 N–H and O–H groups in total. The number of Topliss-reactive ketones (excluding diaryl/α,β-unsaturated/α-hetero) is 2. The lowest BCUT2D eigenvalue weighted by Crippen LogP contribution is -2.35. The topological polar surface area (TPSA) is 99.1 Å². The number of allylic oxidation sites excluding steroid dienone is 4. The van der Waals surface area contributed by atoms with Gasteiger partial charge in [-0.3, -0.25) is 10.1 Å². The molecule has 0 unspecified atom stereocenters. The summed E-state index contributed by atoms with van der Waals surface area (Å²) in [5, 5.41) is 9.07. The molecule has 0 amide bonds. The van der Waals surface area contributed by atoms with Crippen molar-refractivity contribution in [2.45, 2.75) is 66.4 Å². The Kier molecular flexibility index (Phi) is 11.1. The van der Waals surface area contributed by atoms with E-state index in [1.165, 1.54) is 26.4 Å². The Morgan fingerprint density at radius 1 is 1.27 bits per heavy atom. The zero-order valence-corrected chi connectivity index (χ0v) is 20.8. The van der Waals surface area contributed by atoms with E-state index in [0.717, 1.165) is 5.57 Å². The van der Waals surface area contributed by atoms with Gasteiger partial charge in [-0.2, -0.15) is 0 Å². The van der Waals surface area contributed by atoms with Crippen molar-refractivity contribution in [1.82, 2.24) is 0 Å². The molecule has 184 valence electrons. The summed E-state index contributed by atoms with van der Waals surface area (Å²) in [5.74, 6) is -1.74. The van der Waals surface area contributed by atoms with Crippen LogP contribution in [0.25, 0.3) is 0 Å². The van der Waals surface area contributed by atoms with Crippen molar-refractivity contribution < 1.29 is 34.0 Å². The van der Waals surface area contributed by atoms with E-state index in [0.29, 0.717) is 18.4 Å². The molecule has 1 aliphatic rings. The van der Waals surface area contributed by atoms with Gasteiger partial charge in [-0.05, 0) is 64.9 Å². The molecule has 0 fully saturated rings. The van der Waals surface area contributed by atoms with Gasteiger partial charge < -0.3 is 14.3 Å². The molecule has 33 heavy (non-hydrogen) atoms. The van der Waals surface area contributed by atoms with Crippen molar-refractivity contribution in [2.24, 2.45) is 17.3 Å². The third kappa shape index (κ3) is 9.20. The number of ketones is 2. The van der Waals surface area contributed by atoms with Gasteiger partial charge in [-0.25, -0.2) is 9.68 Å². The Morgan fingerprint density at radius 2 is 1.94 bits per heavy atom. The summed E-state index contributed by atoms with van der Waals surface area (Å²) in [4.78, 5) is 41.9. The van der Waals surface area contributed by atoms with E-state index < -0.39 is 22.9 Å². The summed E-state index contributed by atoms with van der Waals surface area (Å²) in [5.41, 5.74) is 0.00466. The predicted molar refractivity (Wildman–Crippen MR) is 126 cm³/mol. The third-order valence-electron chi connectivity index (χ3n) is 5.73. The van der Waals surface area contributed by atoms with E-state index in [-0.39, 0.29) is 30.5 Å². The van der Waals surface area contributed by atoms with Crippen molar-refractivity contribution in [3.8, 4) is 0 Å². The fourth-order valence-electron chi connectivity index (χ4n) is 3.98. The van der Waals surface area contributed by atoms with Crippen LogP contribution in [0.4, 0.5) is 0 Å². The first-order valence-corrected chi connectivity index (χ1v) is 11.1. The van der Waals surface area contributed by atoms with Crippen LogP contribution in [0.5, 0.6) is 0 Å². The molecule has 0 spiro atoms. The number of ether oxygens (including phenoxy) is 2. The van der Waals surface area contributed by atoms with Crippen LogP contribution in [0.3, 0.4) is 0 Å². The summed E-state index contributed by atoms with van der Waals surface area (Å²) >= 11 is 0. The smallest absolute Gasteiger partial charge is 0.335 e. The summed E-state index contributed by atoms with van der Waals surface area (Å²) in [6, 6.07) is 0. The van der Waals surface area contributed by atoms with Crippen LogP contribution >= 0.6 is 0 Å². The number of methoxy groups -OCH3 is 1. The Labute approximate surface area is 197 Å². The molecular weight excluding hydrogens is 424 g/mol. The number of carbonyl (C=O) groups excluding carboxylic acids is 3. The second-order valence-electron chi connectivity index (χ2n) is 9.71. The van der Waals surface area contributed by atoms with Crippen LogP contribution in [0.2, 0.25) is 0 Å². The molecular formula is C26H38O7. The van der Waals surface area contributed by atoms with Crippen molar-refractivity contribution in [3.63, 3.8) is 0 Å². The first-order chi connectivity index (χ1) is 15.3. The number of hydrogen-bond acceptors (Lipinski definition) is 7. The van der Waals surface area contributed by atoms with Crippen molar-refractivity contribution in [3.05, 3.63) is 47.8 Å². The van der Waals surface area contributed by atoms with Crippen molar-refractivity contribution in [1.29, 1.82) is 0 Å². The summed E-state index contributed by atoms with van der Waals surface area (Å²) in [7, 11) is 1.53. The minimum Gasteiger partial charge on any atom is -0.432 e. The Hall–Kier alpha value is -2.35. The highest BCUT2D eigenvalue weighted by Crippen LogP contribution is 2.46. The fourth-order valence-corrected chi connectivity index (χ4v) is 3.98. The lowest BCUT2D eigenvalue weighted by Gasteiger charge is -2.37. The second-order valence-corrected chi connectivity index (χ2v) is 9.71. The van der Waals surface area contributed by atoms with Crippen molar-refractivity contribution in [2.75, 3.05) is 13.7 Å². The molecule has 3 atom stereocenters. The normalized spacial score (nSPS) is 24.0. The molecule has 0 aliphatic heterocycles. The standard InChI is InChI=1S/C26H38O7/c1-18(2)15-23(28)32-14-10-22-21(16-19(3)27)24(29)20(17-31-7)9-13-26(22,6)12-8-11-25(4,5)33-30/h8-11,14-15,21-22,30H,12-13,16-17H2,1-7H3/b11-8+,14-10-/t21-,22+,26+/m1/s1. The van der Waals surface area contributed by atoms with E-state index in [9.17, 15) is 14.4 Å². The highest BCUT2D eigenvalue weighted by atomic mass is 17.1. The first-order valence-electron chi connectivity index (χ1n) is 11.1. The van der Waals surface area contributed by atoms with E-state index in [4.69, 9.17) is 14.7 Å². The molecule has 0 aromatic rings. The molecule has 0 heterocycles. The minimum absolute atomic E-state index is 0.0708. The Morgan fingerprint density at radius 3 is 2.48 bits per heavy atom. The molecule has 0 saturated carbocycles. The summed E-state index contributed by atoms with van der Waals surface area (Å²) in [6.07, 6.45) is 11.1. The summed E-state index contributed by atoms with van der Waals surface area (Å²) in [6.45, 7) is 10.7. The fraction of sp³-hybridized carbons (Fsp3) is 0.577. The number of esters is 1. The van der Waals surface area contributed by atoms with Gasteiger partial charge in [0, 0.05) is 31.1 Å². The highest BCUT2D eigenvalue weighted by Gasteiger charge is 2.43. The Balaban J connectivity index is 3.42. The van der Waals surface area contributed by atoms with E-state index >= 15 is 0 Å². The molecule has 1 aliphatic carbocycles. The lowest BCUT2D eigenvalue weighted by molar-refractivity contribution is -0.297. The van der Waals surface area contributed by atoms with Crippen LogP contribution in [-0.2, 0) is 28.7 Å². The zero-order valence-electron chi connectivity index (χ0n) is 20.8. The minimum atomic E-state index is -0.863. The molecule has 0 bridgehead atoms. The number of hydrogen-bond donors (Lipinski definition) is 1. The van der Waals surface area contributed by atoms with Crippen LogP contribution in [0.1, 0.15) is 60.8 Å². The van der Waals surface area contributed by atoms with Gasteiger partial charge in [0.2, 0.25) is 0 Å². The maximum atomic E-state index is 13.4. The van der Waals surface area contributed by atoms with Gasteiger partial charge >= 0.3 is 5.97 Å². The van der Waals surface area contributed by atoms with Gasteiger partial charge in [0.15, 0.2) is 5.78 Å². The lowest BCUT2D eigenvalue weighted by atomic mass is 9.66. The predicted octanol–water partition coefficient (Wildman–Crippen LogP) is 4.99. The van der Waals surface area contributed by atoms with Crippen LogP contribution in [0, 0.1) is 17.3 Å². The van der Waals surface area contributed by atoms with Gasteiger partial charge in [0.1, 0.15) is 11.4 Å². The van der Waals surface area contributed by atoms with E-state index in [1.54, 1.807) is 39.8 Å².